The van der Waals surface area contributed by atoms with Crippen LogP contribution in [0.2, 0.25) is 5.02 Å². The summed E-state index contributed by atoms with van der Waals surface area (Å²) in [6.07, 6.45) is 0.366. The van der Waals surface area contributed by atoms with E-state index in [1.807, 2.05) is 39.8 Å². The van der Waals surface area contributed by atoms with E-state index in [1.54, 1.807) is 41.3 Å². The standard InChI is InChI=1S/C27H34ClN3O4/c1-17(2)23(30-24(33)19-7-6-8-22(15-19)29-18(3)32)25(34)31-14-13-27(35,26(4,5)16-31)20-9-11-21(28)12-10-20/h6-12,15,17,23,35H,13-14,16H2,1-5H3,(H,29,32)(H,30,33)/t23-,27+/m1/s1. The third-order valence-corrected chi connectivity index (χ3v) is 7.00. The van der Waals surface area contributed by atoms with Crippen LogP contribution in [0.1, 0.15) is 57.0 Å². The summed E-state index contributed by atoms with van der Waals surface area (Å²) < 4.78 is 0. The Morgan fingerprint density at radius 2 is 1.74 bits per heavy atom. The van der Waals surface area contributed by atoms with Crippen LogP contribution in [0.3, 0.4) is 0 Å². The second kappa shape index (κ2) is 10.4. The Morgan fingerprint density at radius 3 is 2.31 bits per heavy atom. The number of halogens is 1. The first-order chi connectivity index (χ1) is 16.3. The lowest BCUT2D eigenvalue weighted by molar-refractivity contribution is -0.155. The number of benzene rings is 2. The zero-order chi connectivity index (χ0) is 26.0. The summed E-state index contributed by atoms with van der Waals surface area (Å²) in [5.41, 5.74) is -0.114. The van der Waals surface area contributed by atoms with Crippen molar-refractivity contribution in [2.75, 3.05) is 18.4 Å². The minimum atomic E-state index is -1.12. The Hall–Kier alpha value is -2.90. The number of hydrogen-bond donors (Lipinski definition) is 3. The van der Waals surface area contributed by atoms with Gasteiger partial charge in [-0.2, -0.15) is 0 Å². The molecule has 3 amide bonds. The maximum Gasteiger partial charge on any atom is 0.252 e. The van der Waals surface area contributed by atoms with Crippen molar-refractivity contribution in [1.82, 2.24) is 10.2 Å². The fraction of sp³-hybridized carbons (Fsp3) is 0.444. The van der Waals surface area contributed by atoms with Gasteiger partial charge in [0.25, 0.3) is 5.91 Å². The number of carbonyl (C=O) groups is 3. The normalized spacial score (nSPS) is 20.3. The largest absolute Gasteiger partial charge is 0.384 e. The highest BCUT2D eigenvalue weighted by Crippen LogP contribution is 2.46. The molecule has 1 heterocycles. The Kier molecular flexibility index (Phi) is 7.92. The second-order valence-corrected chi connectivity index (χ2v) is 10.7. The summed E-state index contributed by atoms with van der Waals surface area (Å²) in [6, 6.07) is 13.0. The van der Waals surface area contributed by atoms with Crippen molar-refractivity contribution in [1.29, 1.82) is 0 Å². The van der Waals surface area contributed by atoms with Gasteiger partial charge in [-0.05, 0) is 48.2 Å². The van der Waals surface area contributed by atoms with Crippen LogP contribution in [0.5, 0.6) is 0 Å². The van der Waals surface area contributed by atoms with E-state index in [0.717, 1.165) is 5.56 Å². The molecule has 1 aliphatic rings. The van der Waals surface area contributed by atoms with E-state index in [-0.39, 0.29) is 17.7 Å². The molecule has 2 aromatic carbocycles. The summed E-state index contributed by atoms with van der Waals surface area (Å²) in [4.78, 5) is 39.6. The number of nitrogens with zero attached hydrogens (tertiary/aromatic N) is 1. The van der Waals surface area contributed by atoms with E-state index in [0.29, 0.717) is 35.8 Å². The number of rotatable bonds is 6. The van der Waals surface area contributed by atoms with Gasteiger partial charge < -0.3 is 20.6 Å². The molecule has 0 unspecified atom stereocenters. The summed E-state index contributed by atoms with van der Waals surface area (Å²) in [6.45, 7) is 9.75. The van der Waals surface area contributed by atoms with Gasteiger partial charge in [-0.1, -0.05) is 57.5 Å². The minimum Gasteiger partial charge on any atom is -0.384 e. The predicted molar refractivity (Wildman–Crippen MR) is 137 cm³/mol. The minimum absolute atomic E-state index is 0.148. The number of aliphatic hydroxyl groups is 1. The first-order valence-electron chi connectivity index (χ1n) is 11.8. The maximum atomic E-state index is 13.6. The van der Waals surface area contributed by atoms with E-state index in [9.17, 15) is 19.5 Å². The second-order valence-electron chi connectivity index (χ2n) is 10.2. The van der Waals surface area contributed by atoms with Gasteiger partial charge in [0.05, 0.1) is 5.60 Å². The number of nitrogens with one attached hydrogen (secondary N) is 2. The fourth-order valence-electron chi connectivity index (χ4n) is 4.65. The monoisotopic (exact) mass is 499 g/mol. The van der Waals surface area contributed by atoms with E-state index in [4.69, 9.17) is 11.6 Å². The number of likely N-dealkylation sites (tertiary alicyclic amines) is 1. The molecule has 3 N–H and O–H groups in total. The molecule has 0 aromatic heterocycles. The van der Waals surface area contributed by atoms with E-state index < -0.39 is 23.0 Å². The van der Waals surface area contributed by atoms with Gasteiger partial charge in [-0.25, -0.2) is 0 Å². The molecule has 0 bridgehead atoms. The first kappa shape index (κ1) is 26.7. The predicted octanol–water partition coefficient (Wildman–Crippen LogP) is 4.20. The molecule has 0 radical (unpaired) electrons. The highest BCUT2D eigenvalue weighted by Gasteiger charge is 2.50. The van der Waals surface area contributed by atoms with Crippen LogP contribution in [0, 0.1) is 11.3 Å². The lowest BCUT2D eigenvalue weighted by Gasteiger charge is -2.51. The summed E-state index contributed by atoms with van der Waals surface area (Å²) in [5.74, 6) is -0.954. The highest BCUT2D eigenvalue weighted by molar-refractivity contribution is 6.30. The molecule has 1 saturated heterocycles. The molecule has 8 heteroatoms. The van der Waals surface area contributed by atoms with Gasteiger partial charge in [0.2, 0.25) is 11.8 Å². The van der Waals surface area contributed by atoms with Crippen LogP contribution < -0.4 is 10.6 Å². The molecular formula is C27H34ClN3O4. The summed E-state index contributed by atoms with van der Waals surface area (Å²) in [5, 5.41) is 17.7. The molecular weight excluding hydrogens is 466 g/mol. The number of piperidine rings is 1. The third kappa shape index (κ3) is 5.85. The molecule has 35 heavy (non-hydrogen) atoms. The summed E-state index contributed by atoms with van der Waals surface area (Å²) >= 11 is 6.03. The summed E-state index contributed by atoms with van der Waals surface area (Å²) in [7, 11) is 0. The molecule has 0 aliphatic carbocycles. The van der Waals surface area contributed by atoms with Crippen LogP contribution in [0.15, 0.2) is 48.5 Å². The van der Waals surface area contributed by atoms with Crippen LogP contribution in [-0.4, -0.2) is 46.9 Å². The van der Waals surface area contributed by atoms with E-state index in [1.165, 1.54) is 6.92 Å². The van der Waals surface area contributed by atoms with Gasteiger partial charge in [0.1, 0.15) is 6.04 Å². The van der Waals surface area contributed by atoms with Crippen LogP contribution >= 0.6 is 11.6 Å². The van der Waals surface area contributed by atoms with Gasteiger partial charge in [-0.15, -0.1) is 0 Å². The Balaban J connectivity index is 1.76. The van der Waals surface area contributed by atoms with E-state index >= 15 is 0 Å². The molecule has 0 spiro atoms. The smallest absolute Gasteiger partial charge is 0.252 e. The molecule has 7 nitrogen and oxygen atoms in total. The zero-order valence-electron chi connectivity index (χ0n) is 20.9. The molecule has 0 saturated carbocycles. The Labute approximate surface area is 211 Å². The van der Waals surface area contributed by atoms with Crippen LogP contribution in [0.25, 0.3) is 0 Å². The average Bonchev–Trinajstić information content (AvgIpc) is 2.78. The zero-order valence-corrected chi connectivity index (χ0v) is 21.6. The molecule has 1 aliphatic heterocycles. The first-order valence-corrected chi connectivity index (χ1v) is 12.2. The van der Waals surface area contributed by atoms with Crippen molar-refractivity contribution >= 4 is 35.0 Å². The lowest BCUT2D eigenvalue weighted by Crippen LogP contribution is -2.60. The SMILES string of the molecule is CC(=O)Nc1cccc(C(=O)N[C@@H](C(=O)N2CC[C@](O)(c3ccc(Cl)cc3)C(C)(C)C2)C(C)C)c1. The average molecular weight is 500 g/mol. The molecule has 3 rings (SSSR count). The van der Waals surface area contributed by atoms with Crippen molar-refractivity contribution in [2.24, 2.45) is 11.3 Å². The third-order valence-electron chi connectivity index (χ3n) is 6.75. The molecule has 2 atom stereocenters. The van der Waals surface area contributed by atoms with Crippen LogP contribution in [0.4, 0.5) is 5.69 Å². The van der Waals surface area contributed by atoms with Gasteiger partial charge in [0, 0.05) is 41.7 Å². The van der Waals surface area contributed by atoms with Gasteiger partial charge >= 0.3 is 0 Å². The fourth-order valence-corrected chi connectivity index (χ4v) is 4.77. The molecule has 1 fully saturated rings. The maximum absolute atomic E-state index is 13.6. The van der Waals surface area contributed by atoms with Crippen molar-refractivity contribution in [2.45, 2.75) is 52.7 Å². The highest BCUT2D eigenvalue weighted by atomic mass is 35.5. The number of amides is 3. The Bertz CT molecular complexity index is 1100. The molecule has 188 valence electrons. The Morgan fingerprint density at radius 1 is 1.09 bits per heavy atom. The topological polar surface area (TPSA) is 98.7 Å². The number of carbonyl (C=O) groups excluding carboxylic acids is 3. The van der Waals surface area contributed by atoms with Crippen molar-refractivity contribution in [3.63, 3.8) is 0 Å². The van der Waals surface area contributed by atoms with Gasteiger partial charge in [0.15, 0.2) is 0 Å². The van der Waals surface area contributed by atoms with Crippen LogP contribution in [-0.2, 0) is 15.2 Å². The number of anilines is 1. The van der Waals surface area contributed by atoms with Crippen molar-refractivity contribution in [3.05, 3.63) is 64.7 Å². The van der Waals surface area contributed by atoms with E-state index in [2.05, 4.69) is 10.6 Å². The van der Waals surface area contributed by atoms with Gasteiger partial charge in [-0.3, -0.25) is 14.4 Å². The molecule has 2 aromatic rings. The number of hydrogen-bond acceptors (Lipinski definition) is 4. The van der Waals surface area contributed by atoms with Crippen molar-refractivity contribution < 1.29 is 19.5 Å². The lowest BCUT2D eigenvalue weighted by atomic mass is 9.66. The quantitative estimate of drug-likeness (QED) is 0.554. The van der Waals surface area contributed by atoms with Crippen molar-refractivity contribution in [3.8, 4) is 0 Å².